The van der Waals surface area contributed by atoms with E-state index < -0.39 is 0 Å². The van der Waals surface area contributed by atoms with Crippen LogP contribution < -0.4 is 5.32 Å². The molecule has 102 valence electrons. The zero-order chi connectivity index (χ0) is 13.0. The number of nitrogens with zero attached hydrogens (tertiary/aromatic N) is 1. The lowest BCUT2D eigenvalue weighted by molar-refractivity contribution is 0.237. The highest BCUT2D eigenvalue weighted by atomic mass is 16.3. The van der Waals surface area contributed by atoms with Gasteiger partial charge in [-0.15, -0.1) is 0 Å². The molecule has 1 fully saturated rings. The Hall–Kier alpha value is -0.800. The minimum Gasteiger partial charge on any atom is -0.468 e. The average Bonchev–Trinajstić information content (AvgIpc) is 3.08. The Kier molecular flexibility index (Phi) is 4.84. The summed E-state index contributed by atoms with van der Waals surface area (Å²) >= 11 is 0. The van der Waals surface area contributed by atoms with Crippen LogP contribution in [0.15, 0.2) is 16.7 Å². The Bertz CT molecular complexity index is 355. The molecule has 1 aromatic heterocycles. The predicted octanol–water partition coefficient (Wildman–Crippen LogP) is 3.01. The van der Waals surface area contributed by atoms with E-state index in [-0.39, 0.29) is 0 Å². The fourth-order valence-electron chi connectivity index (χ4n) is 2.30. The summed E-state index contributed by atoms with van der Waals surface area (Å²) in [6.45, 7) is 7.69. The third-order valence-electron chi connectivity index (χ3n) is 3.61. The number of rotatable bonds is 8. The quantitative estimate of drug-likeness (QED) is 0.769. The first-order valence-electron chi connectivity index (χ1n) is 7.14. The van der Waals surface area contributed by atoms with Gasteiger partial charge in [-0.25, -0.2) is 0 Å². The first kappa shape index (κ1) is 13.6. The minimum atomic E-state index is 0.785. The van der Waals surface area contributed by atoms with Gasteiger partial charge in [0.15, 0.2) is 0 Å². The van der Waals surface area contributed by atoms with Gasteiger partial charge in [-0.2, -0.15) is 0 Å². The summed E-state index contributed by atoms with van der Waals surface area (Å²) in [5.74, 6) is 1.88. The Morgan fingerprint density at radius 1 is 1.44 bits per heavy atom. The molecule has 0 aromatic carbocycles. The average molecular weight is 250 g/mol. The van der Waals surface area contributed by atoms with Crippen LogP contribution in [0.4, 0.5) is 0 Å². The Morgan fingerprint density at radius 3 is 2.83 bits per heavy atom. The highest BCUT2D eigenvalue weighted by molar-refractivity contribution is 5.17. The second-order valence-electron chi connectivity index (χ2n) is 5.78. The van der Waals surface area contributed by atoms with E-state index in [0.717, 1.165) is 30.8 Å². The van der Waals surface area contributed by atoms with Gasteiger partial charge in [-0.05, 0) is 44.8 Å². The highest BCUT2D eigenvalue weighted by Crippen LogP contribution is 2.29. The van der Waals surface area contributed by atoms with E-state index in [2.05, 4.69) is 30.1 Å². The van der Waals surface area contributed by atoms with Crippen molar-refractivity contribution in [2.24, 2.45) is 5.92 Å². The summed E-state index contributed by atoms with van der Waals surface area (Å²) < 4.78 is 5.54. The molecule has 2 rings (SSSR count). The van der Waals surface area contributed by atoms with Gasteiger partial charge >= 0.3 is 0 Å². The summed E-state index contributed by atoms with van der Waals surface area (Å²) in [6.07, 6.45) is 5.85. The second kappa shape index (κ2) is 6.39. The standard InChI is InChI=1S/C15H26N2O/c1-12(2)6-8-17(14-4-5-14)11-13-7-9-18-15(13)10-16-3/h7,9,12,14,16H,4-6,8,10-11H2,1-3H3. The molecule has 0 bridgehead atoms. The van der Waals surface area contributed by atoms with E-state index in [0.29, 0.717) is 0 Å². The molecule has 0 spiro atoms. The highest BCUT2D eigenvalue weighted by Gasteiger charge is 2.29. The molecular formula is C15H26N2O. The van der Waals surface area contributed by atoms with E-state index in [1.54, 1.807) is 0 Å². The Labute approximate surface area is 111 Å². The number of hydrogen-bond acceptors (Lipinski definition) is 3. The first-order chi connectivity index (χ1) is 8.70. The zero-order valence-electron chi connectivity index (χ0n) is 11.9. The minimum absolute atomic E-state index is 0.785. The second-order valence-corrected chi connectivity index (χ2v) is 5.78. The molecule has 1 aliphatic carbocycles. The molecule has 0 atom stereocenters. The van der Waals surface area contributed by atoms with Gasteiger partial charge < -0.3 is 9.73 Å². The van der Waals surface area contributed by atoms with Crippen molar-refractivity contribution in [1.29, 1.82) is 0 Å². The fraction of sp³-hybridized carbons (Fsp3) is 0.733. The number of hydrogen-bond donors (Lipinski definition) is 1. The molecule has 1 aliphatic rings. The molecule has 3 nitrogen and oxygen atoms in total. The van der Waals surface area contributed by atoms with Crippen molar-refractivity contribution in [3.8, 4) is 0 Å². The van der Waals surface area contributed by atoms with Gasteiger partial charge in [-0.1, -0.05) is 13.8 Å². The van der Waals surface area contributed by atoms with E-state index in [4.69, 9.17) is 4.42 Å². The third kappa shape index (κ3) is 3.85. The monoisotopic (exact) mass is 250 g/mol. The van der Waals surface area contributed by atoms with Gasteiger partial charge in [0, 0.05) is 18.2 Å². The molecule has 0 radical (unpaired) electrons. The van der Waals surface area contributed by atoms with E-state index in [9.17, 15) is 0 Å². The summed E-state index contributed by atoms with van der Waals surface area (Å²) in [6, 6.07) is 2.94. The smallest absolute Gasteiger partial charge is 0.122 e. The van der Waals surface area contributed by atoms with Gasteiger partial charge in [0.1, 0.15) is 5.76 Å². The summed E-state index contributed by atoms with van der Waals surface area (Å²) in [7, 11) is 1.96. The van der Waals surface area contributed by atoms with Crippen LogP contribution >= 0.6 is 0 Å². The molecule has 1 saturated carbocycles. The molecule has 0 saturated heterocycles. The maximum atomic E-state index is 5.54. The van der Waals surface area contributed by atoms with Crippen molar-refractivity contribution in [2.75, 3.05) is 13.6 Å². The molecule has 3 heteroatoms. The van der Waals surface area contributed by atoms with Crippen LogP contribution in [0, 0.1) is 5.92 Å². The molecule has 18 heavy (non-hydrogen) atoms. The van der Waals surface area contributed by atoms with Crippen molar-refractivity contribution in [2.45, 2.75) is 52.2 Å². The Morgan fingerprint density at radius 2 is 2.22 bits per heavy atom. The van der Waals surface area contributed by atoms with Crippen LogP contribution in [0.2, 0.25) is 0 Å². The fourth-order valence-corrected chi connectivity index (χ4v) is 2.30. The van der Waals surface area contributed by atoms with Crippen molar-refractivity contribution in [1.82, 2.24) is 10.2 Å². The van der Waals surface area contributed by atoms with Crippen molar-refractivity contribution in [3.05, 3.63) is 23.7 Å². The Balaban J connectivity index is 1.92. The summed E-state index contributed by atoms with van der Waals surface area (Å²) in [5.41, 5.74) is 1.35. The van der Waals surface area contributed by atoms with Gasteiger partial charge in [0.2, 0.25) is 0 Å². The lowest BCUT2D eigenvalue weighted by Crippen LogP contribution is -2.28. The number of nitrogens with one attached hydrogen (secondary N) is 1. The van der Waals surface area contributed by atoms with Gasteiger partial charge in [-0.3, -0.25) is 4.90 Å². The van der Waals surface area contributed by atoms with Gasteiger partial charge in [0.25, 0.3) is 0 Å². The zero-order valence-corrected chi connectivity index (χ0v) is 11.9. The molecule has 0 amide bonds. The van der Waals surface area contributed by atoms with Crippen LogP contribution in [0.3, 0.4) is 0 Å². The van der Waals surface area contributed by atoms with E-state index in [1.807, 2.05) is 13.3 Å². The lowest BCUT2D eigenvalue weighted by Gasteiger charge is -2.22. The molecule has 1 N–H and O–H groups in total. The van der Waals surface area contributed by atoms with Crippen LogP contribution in [0.1, 0.15) is 44.4 Å². The molecule has 1 heterocycles. The molecule has 0 aliphatic heterocycles. The topological polar surface area (TPSA) is 28.4 Å². The maximum absolute atomic E-state index is 5.54. The predicted molar refractivity (Wildman–Crippen MR) is 74.4 cm³/mol. The van der Waals surface area contributed by atoms with E-state index in [1.165, 1.54) is 31.4 Å². The van der Waals surface area contributed by atoms with Crippen molar-refractivity contribution < 1.29 is 4.42 Å². The van der Waals surface area contributed by atoms with Crippen LogP contribution in [0.25, 0.3) is 0 Å². The van der Waals surface area contributed by atoms with Gasteiger partial charge in [0.05, 0.1) is 12.8 Å². The maximum Gasteiger partial charge on any atom is 0.122 e. The van der Waals surface area contributed by atoms with Crippen molar-refractivity contribution >= 4 is 0 Å². The first-order valence-corrected chi connectivity index (χ1v) is 7.14. The van der Waals surface area contributed by atoms with Crippen molar-refractivity contribution in [3.63, 3.8) is 0 Å². The summed E-state index contributed by atoms with van der Waals surface area (Å²) in [4.78, 5) is 2.63. The third-order valence-corrected chi connectivity index (χ3v) is 3.61. The normalized spacial score (nSPS) is 15.8. The molecule has 1 aromatic rings. The lowest BCUT2D eigenvalue weighted by atomic mass is 10.1. The van der Waals surface area contributed by atoms with Crippen LogP contribution in [0.5, 0.6) is 0 Å². The summed E-state index contributed by atoms with van der Waals surface area (Å²) in [5, 5.41) is 3.17. The molecule has 0 unspecified atom stereocenters. The largest absolute Gasteiger partial charge is 0.468 e. The van der Waals surface area contributed by atoms with Crippen LogP contribution in [-0.4, -0.2) is 24.5 Å². The number of furan rings is 1. The molecular weight excluding hydrogens is 224 g/mol. The van der Waals surface area contributed by atoms with Crippen LogP contribution in [-0.2, 0) is 13.1 Å². The SMILES string of the molecule is CNCc1occc1CN(CCC(C)C)C1CC1. The van der Waals surface area contributed by atoms with E-state index >= 15 is 0 Å².